The Labute approximate surface area is 109 Å². The van der Waals surface area contributed by atoms with Gasteiger partial charge in [0.15, 0.2) is 0 Å². The Kier molecular flexibility index (Phi) is 3.69. The Balaban J connectivity index is 2.04. The highest BCUT2D eigenvalue weighted by Gasteiger charge is 2.01. The lowest BCUT2D eigenvalue weighted by Gasteiger charge is -2.09. The van der Waals surface area contributed by atoms with Crippen LogP contribution in [0.25, 0.3) is 0 Å². The number of ether oxygens (including phenoxy) is 1. The Morgan fingerprint density at radius 1 is 1.12 bits per heavy atom. The smallest absolute Gasteiger partial charge is 0.122 e. The van der Waals surface area contributed by atoms with Crippen molar-refractivity contribution in [2.24, 2.45) is 0 Å². The number of aryl methyl sites for hydroxylation is 1. The van der Waals surface area contributed by atoms with Gasteiger partial charge in [-0.15, -0.1) is 0 Å². The van der Waals surface area contributed by atoms with Crippen LogP contribution in [0, 0.1) is 6.92 Å². The number of phenols is 1. The minimum Gasteiger partial charge on any atom is -0.508 e. The molecule has 17 heavy (non-hydrogen) atoms. The van der Waals surface area contributed by atoms with Gasteiger partial charge in [-0.3, -0.25) is 0 Å². The van der Waals surface area contributed by atoms with Gasteiger partial charge in [-0.2, -0.15) is 0 Å². The SMILES string of the molecule is Cc1cc(Br)ccc1OCc1ccc(O)cc1. The molecule has 3 heteroatoms. The standard InChI is InChI=1S/C14H13BrO2/c1-10-8-12(15)4-7-14(10)17-9-11-2-5-13(16)6-3-11/h2-8,16H,9H2,1H3. The van der Waals surface area contributed by atoms with Crippen LogP contribution in [0.4, 0.5) is 0 Å². The molecule has 0 amide bonds. The highest BCUT2D eigenvalue weighted by Crippen LogP contribution is 2.23. The van der Waals surface area contributed by atoms with E-state index >= 15 is 0 Å². The summed E-state index contributed by atoms with van der Waals surface area (Å²) in [4.78, 5) is 0. The topological polar surface area (TPSA) is 29.5 Å². The summed E-state index contributed by atoms with van der Waals surface area (Å²) in [6.07, 6.45) is 0. The van der Waals surface area contributed by atoms with Crippen LogP contribution in [0.15, 0.2) is 46.9 Å². The van der Waals surface area contributed by atoms with Gasteiger partial charge in [-0.05, 0) is 48.4 Å². The number of rotatable bonds is 3. The molecule has 0 heterocycles. The second-order valence-electron chi connectivity index (χ2n) is 3.86. The maximum atomic E-state index is 9.17. The Morgan fingerprint density at radius 3 is 2.47 bits per heavy atom. The third kappa shape index (κ3) is 3.24. The van der Waals surface area contributed by atoms with Crippen molar-refractivity contribution in [3.8, 4) is 11.5 Å². The van der Waals surface area contributed by atoms with Gasteiger partial charge in [0.1, 0.15) is 18.1 Å². The minimum absolute atomic E-state index is 0.272. The van der Waals surface area contributed by atoms with Gasteiger partial charge in [0, 0.05) is 4.47 Å². The number of phenolic OH excluding ortho intramolecular Hbond substituents is 1. The van der Waals surface area contributed by atoms with Gasteiger partial charge in [0.25, 0.3) is 0 Å². The highest BCUT2D eigenvalue weighted by molar-refractivity contribution is 9.10. The molecule has 0 aliphatic heterocycles. The predicted molar refractivity (Wildman–Crippen MR) is 71.3 cm³/mol. The summed E-state index contributed by atoms with van der Waals surface area (Å²) in [5.41, 5.74) is 2.13. The zero-order valence-corrected chi connectivity index (χ0v) is 11.1. The van der Waals surface area contributed by atoms with Gasteiger partial charge in [-0.1, -0.05) is 28.1 Å². The molecule has 0 unspecified atom stereocenters. The Morgan fingerprint density at radius 2 is 1.82 bits per heavy atom. The van der Waals surface area contributed by atoms with Crippen LogP contribution < -0.4 is 4.74 Å². The van der Waals surface area contributed by atoms with Gasteiger partial charge >= 0.3 is 0 Å². The van der Waals surface area contributed by atoms with Crippen LogP contribution in [0.2, 0.25) is 0 Å². The number of hydrogen-bond acceptors (Lipinski definition) is 2. The average molecular weight is 293 g/mol. The van der Waals surface area contributed by atoms with E-state index in [1.54, 1.807) is 12.1 Å². The molecule has 1 N–H and O–H groups in total. The van der Waals surface area contributed by atoms with Gasteiger partial charge in [0.2, 0.25) is 0 Å². The average Bonchev–Trinajstić information content (AvgIpc) is 2.30. The third-order valence-corrected chi connectivity index (χ3v) is 2.96. The normalized spacial score (nSPS) is 10.2. The minimum atomic E-state index is 0.272. The molecule has 0 atom stereocenters. The molecule has 0 saturated heterocycles. The summed E-state index contributed by atoms with van der Waals surface area (Å²) >= 11 is 3.42. The number of aromatic hydroxyl groups is 1. The lowest BCUT2D eigenvalue weighted by Crippen LogP contribution is -1.96. The van der Waals surface area contributed by atoms with Crippen LogP contribution in [0.5, 0.6) is 11.5 Å². The molecule has 2 aromatic rings. The zero-order valence-electron chi connectivity index (χ0n) is 9.48. The fourth-order valence-corrected chi connectivity index (χ4v) is 2.00. The summed E-state index contributed by atoms with van der Waals surface area (Å²) in [6.45, 7) is 2.51. The van der Waals surface area contributed by atoms with E-state index in [1.165, 1.54) is 0 Å². The second kappa shape index (κ2) is 5.23. The van der Waals surface area contributed by atoms with Crippen molar-refractivity contribution in [3.05, 3.63) is 58.1 Å². The molecular formula is C14H13BrO2. The van der Waals surface area contributed by atoms with E-state index < -0.39 is 0 Å². The maximum absolute atomic E-state index is 9.17. The number of halogens is 1. The van der Waals surface area contributed by atoms with Crippen LogP contribution >= 0.6 is 15.9 Å². The maximum Gasteiger partial charge on any atom is 0.122 e. The second-order valence-corrected chi connectivity index (χ2v) is 4.78. The largest absolute Gasteiger partial charge is 0.508 e. The summed E-state index contributed by atoms with van der Waals surface area (Å²) in [5.74, 6) is 1.15. The predicted octanol–water partition coefficient (Wildman–Crippen LogP) is 4.04. The molecule has 2 rings (SSSR count). The number of hydrogen-bond donors (Lipinski definition) is 1. The van der Waals surface area contributed by atoms with E-state index in [0.29, 0.717) is 6.61 Å². The summed E-state index contributed by atoms with van der Waals surface area (Å²) in [5, 5.41) is 9.17. The van der Waals surface area contributed by atoms with Crippen LogP contribution in [-0.4, -0.2) is 5.11 Å². The lowest BCUT2D eigenvalue weighted by atomic mass is 10.2. The van der Waals surface area contributed by atoms with Crippen LogP contribution in [-0.2, 0) is 6.61 Å². The van der Waals surface area contributed by atoms with Gasteiger partial charge in [-0.25, -0.2) is 0 Å². The third-order valence-electron chi connectivity index (χ3n) is 2.47. The van der Waals surface area contributed by atoms with E-state index in [4.69, 9.17) is 4.74 Å². The molecule has 2 nitrogen and oxygen atoms in total. The van der Waals surface area contributed by atoms with Crippen molar-refractivity contribution >= 4 is 15.9 Å². The van der Waals surface area contributed by atoms with E-state index in [9.17, 15) is 5.11 Å². The first-order chi connectivity index (χ1) is 8.15. The molecule has 0 aromatic heterocycles. The summed E-state index contributed by atoms with van der Waals surface area (Å²) in [7, 11) is 0. The Hall–Kier alpha value is -1.48. The van der Waals surface area contributed by atoms with Crippen LogP contribution in [0.1, 0.15) is 11.1 Å². The quantitative estimate of drug-likeness (QED) is 0.925. The van der Waals surface area contributed by atoms with Gasteiger partial charge in [0.05, 0.1) is 0 Å². The van der Waals surface area contributed by atoms with Crippen molar-refractivity contribution in [3.63, 3.8) is 0 Å². The molecule has 0 spiro atoms. The highest BCUT2D eigenvalue weighted by atomic mass is 79.9. The molecule has 0 aliphatic carbocycles. The molecule has 0 bridgehead atoms. The van der Waals surface area contributed by atoms with Crippen molar-refractivity contribution in [2.45, 2.75) is 13.5 Å². The fraction of sp³-hybridized carbons (Fsp3) is 0.143. The summed E-state index contributed by atoms with van der Waals surface area (Å²) < 4.78 is 6.76. The lowest BCUT2D eigenvalue weighted by molar-refractivity contribution is 0.304. The molecule has 0 aliphatic rings. The number of benzene rings is 2. The molecule has 88 valence electrons. The molecule has 2 aromatic carbocycles. The van der Waals surface area contributed by atoms with Crippen molar-refractivity contribution in [1.82, 2.24) is 0 Å². The van der Waals surface area contributed by atoms with Gasteiger partial charge < -0.3 is 9.84 Å². The van der Waals surface area contributed by atoms with E-state index in [0.717, 1.165) is 21.3 Å². The monoisotopic (exact) mass is 292 g/mol. The zero-order chi connectivity index (χ0) is 12.3. The van der Waals surface area contributed by atoms with E-state index in [1.807, 2.05) is 37.3 Å². The van der Waals surface area contributed by atoms with E-state index in [-0.39, 0.29) is 5.75 Å². The van der Waals surface area contributed by atoms with Crippen molar-refractivity contribution in [1.29, 1.82) is 0 Å². The van der Waals surface area contributed by atoms with Crippen LogP contribution in [0.3, 0.4) is 0 Å². The molecule has 0 fully saturated rings. The molecule has 0 saturated carbocycles. The molecule has 0 radical (unpaired) electrons. The summed E-state index contributed by atoms with van der Waals surface area (Å²) in [6, 6.07) is 12.9. The van der Waals surface area contributed by atoms with Crippen molar-refractivity contribution < 1.29 is 9.84 Å². The first-order valence-electron chi connectivity index (χ1n) is 5.32. The molecular weight excluding hydrogens is 280 g/mol. The fourth-order valence-electron chi connectivity index (χ4n) is 1.53. The van der Waals surface area contributed by atoms with Crippen molar-refractivity contribution in [2.75, 3.05) is 0 Å². The Bertz CT molecular complexity index is 506. The van der Waals surface area contributed by atoms with E-state index in [2.05, 4.69) is 15.9 Å². The first kappa shape index (κ1) is 12.0. The first-order valence-corrected chi connectivity index (χ1v) is 6.11.